The maximum absolute atomic E-state index is 12.9. The Bertz CT molecular complexity index is 1390. The van der Waals surface area contributed by atoms with Crippen molar-refractivity contribution in [2.24, 2.45) is 5.73 Å². The molecule has 10 heteroatoms. The minimum Gasteiger partial charge on any atom is -0.493 e. The Kier molecular flexibility index (Phi) is 7.89. The molecule has 3 aromatic carbocycles. The molecule has 9 nitrogen and oxygen atoms in total. The standard InChI is InChI=1S/C27H23N3O6S/c1-35-22-13-18(11-12-21(22)36-16-17-7-3-2-4-8-17)14-23-26(33)30(27(34)37-23)15-24(31)29-20-10-6-5-9-19(20)25(28)32/h2-14H,15-16H2,1H3,(H2,28,32)(H,29,31)/b23-14+. The minimum atomic E-state index is -0.711. The number of amides is 4. The van der Waals surface area contributed by atoms with Crippen molar-refractivity contribution in [2.45, 2.75) is 6.61 Å². The van der Waals surface area contributed by atoms with Crippen molar-refractivity contribution in [3.8, 4) is 11.5 Å². The van der Waals surface area contributed by atoms with Crippen molar-refractivity contribution < 1.29 is 28.7 Å². The zero-order chi connectivity index (χ0) is 26.4. The third-order valence-electron chi connectivity index (χ3n) is 5.36. The minimum absolute atomic E-state index is 0.120. The van der Waals surface area contributed by atoms with E-state index >= 15 is 0 Å². The van der Waals surface area contributed by atoms with E-state index in [0.717, 1.165) is 22.2 Å². The highest BCUT2D eigenvalue weighted by Gasteiger charge is 2.36. The maximum atomic E-state index is 12.9. The van der Waals surface area contributed by atoms with Gasteiger partial charge in [-0.2, -0.15) is 0 Å². The van der Waals surface area contributed by atoms with Crippen molar-refractivity contribution in [1.82, 2.24) is 4.90 Å². The number of nitrogens with two attached hydrogens (primary N) is 1. The van der Waals surface area contributed by atoms with Crippen molar-refractivity contribution in [2.75, 3.05) is 19.0 Å². The number of nitrogens with zero attached hydrogens (tertiary/aromatic N) is 1. The van der Waals surface area contributed by atoms with Crippen LogP contribution in [0.2, 0.25) is 0 Å². The zero-order valence-corrected chi connectivity index (χ0v) is 20.6. The Morgan fingerprint density at radius 1 is 1.00 bits per heavy atom. The molecule has 0 unspecified atom stereocenters. The number of nitrogens with one attached hydrogen (secondary N) is 1. The molecule has 4 rings (SSSR count). The zero-order valence-electron chi connectivity index (χ0n) is 19.8. The van der Waals surface area contributed by atoms with Gasteiger partial charge in [0.15, 0.2) is 11.5 Å². The van der Waals surface area contributed by atoms with Crippen LogP contribution in [0.15, 0.2) is 77.7 Å². The van der Waals surface area contributed by atoms with Crippen LogP contribution in [0.4, 0.5) is 10.5 Å². The van der Waals surface area contributed by atoms with Gasteiger partial charge in [-0.15, -0.1) is 0 Å². The van der Waals surface area contributed by atoms with Crippen molar-refractivity contribution in [3.05, 3.63) is 94.4 Å². The fourth-order valence-electron chi connectivity index (χ4n) is 3.56. The van der Waals surface area contributed by atoms with Crippen LogP contribution in [0, 0.1) is 0 Å². The number of hydrogen-bond acceptors (Lipinski definition) is 7. The monoisotopic (exact) mass is 517 g/mol. The first kappa shape index (κ1) is 25.5. The SMILES string of the molecule is COc1cc(/C=C2/SC(=O)N(CC(=O)Nc3ccccc3C(N)=O)C2=O)ccc1OCc1ccccc1. The highest BCUT2D eigenvalue weighted by Crippen LogP contribution is 2.34. The first-order valence-corrected chi connectivity index (χ1v) is 12.0. The van der Waals surface area contributed by atoms with Crippen LogP contribution >= 0.6 is 11.8 Å². The first-order chi connectivity index (χ1) is 17.9. The molecule has 4 amide bonds. The molecule has 1 heterocycles. The van der Waals surface area contributed by atoms with Gasteiger partial charge in [-0.25, -0.2) is 0 Å². The number of para-hydroxylation sites is 1. The lowest BCUT2D eigenvalue weighted by Gasteiger charge is -2.13. The molecule has 0 aliphatic carbocycles. The summed E-state index contributed by atoms with van der Waals surface area (Å²) in [5.41, 5.74) is 7.27. The Balaban J connectivity index is 1.44. The van der Waals surface area contributed by atoms with Crippen LogP contribution in [-0.4, -0.2) is 41.5 Å². The number of imide groups is 1. The average molecular weight is 518 g/mol. The molecule has 1 saturated heterocycles. The van der Waals surface area contributed by atoms with E-state index in [2.05, 4.69) is 5.32 Å². The summed E-state index contributed by atoms with van der Waals surface area (Å²) in [6.45, 7) is -0.147. The first-order valence-electron chi connectivity index (χ1n) is 11.1. The van der Waals surface area contributed by atoms with E-state index in [0.29, 0.717) is 23.7 Å². The highest BCUT2D eigenvalue weighted by atomic mass is 32.2. The molecule has 1 fully saturated rings. The van der Waals surface area contributed by atoms with Crippen LogP contribution in [0.1, 0.15) is 21.5 Å². The normalized spacial score (nSPS) is 14.1. The molecule has 0 radical (unpaired) electrons. The van der Waals surface area contributed by atoms with Gasteiger partial charge in [0.05, 0.1) is 23.3 Å². The van der Waals surface area contributed by atoms with Crippen molar-refractivity contribution in [1.29, 1.82) is 0 Å². The number of carbonyl (C=O) groups is 4. The number of methoxy groups -OCH3 is 1. The lowest BCUT2D eigenvalue weighted by molar-refractivity contribution is -0.127. The highest BCUT2D eigenvalue weighted by molar-refractivity contribution is 8.18. The van der Waals surface area contributed by atoms with Gasteiger partial charge in [-0.3, -0.25) is 24.1 Å². The van der Waals surface area contributed by atoms with Crippen LogP contribution in [-0.2, 0) is 16.2 Å². The molecular weight excluding hydrogens is 494 g/mol. The maximum Gasteiger partial charge on any atom is 0.294 e. The Morgan fingerprint density at radius 2 is 1.73 bits per heavy atom. The Morgan fingerprint density at radius 3 is 2.46 bits per heavy atom. The molecule has 0 aromatic heterocycles. The fourth-order valence-corrected chi connectivity index (χ4v) is 4.39. The second-order valence-electron chi connectivity index (χ2n) is 7.91. The van der Waals surface area contributed by atoms with E-state index in [-0.39, 0.29) is 16.2 Å². The van der Waals surface area contributed by atoms with E-state index in [1.165, 1.54) is 19.2 Å². The van der Waals surface area contributed by atoms with Crippen LogP contribution in [0.5, 0.6) is 11.5 Å². The van der Waals surface area contributed by atoms with Crippen LogP contribution in [0.25, 0.3) is 6.08 Å². The number of benzene rings is 3. The number of anilines is 1. The van der Waals surface area contributed by atoms with Gasteiger partial charge in [-0.1, -0.05) is 48.5 Å². The molecule has 3 N–H and O–H groups in total. The quantitative estimate of drug-likeness (QED) is 0.410. The summed E-state index contributed by atoms with van der Waals surface area (Å²) in [4.78, 5) is 50.4. The number of primary amides is 1. The summed E-state index contributed by atoms with van der Waals surface area (Å²) in [6, 6.07) is 21.0. The number of thioether (sulfide) groups is 1. The summed E-state index contributed by atoms with van der Waals surface area (Å²) < 4.78 is 11.3. The Hall–Kier alpha value is -4.57. The van der Waals surface area contributed by atoms with Gasteiger partial charge < -0.3 is 20.5 Å². The molecule has 188 valence electrons. The second kappa shape index (κ2) is 11.4. The summed E-state index contributed by atoms with van der Waals surface area (Å²) in [7, 11) is 1.51. The predicted octanol–water partition coefficient (Wildman–Crippen LogP) is 4.05. The van der Waals surface area contributed by atoms with Gasteiger partial charge in [0.2, 0.25) is 5.91 Å². The summed E-state index contributed by atoms with van der Waals surface area (Å²) in [5.74, 6) is -0.951. The summed E-state index contributed by atoms with van der Waals surface area (Å²) in [5, 5.41) is 1.95. The van der Waals surface area contributed by atoms with Crippen LogP contribution < -0.4 is 20.5 Å². The molecule has 37 heavy (non-hydrogen) atoms. The van der Waals surface area contributed by atoms with E-state index in [4.69, 9.17) is 15.2 Å². The molecule has 0 atom stereocenters. The lowest BCUT2D eigenvalue weighted by atomic mass is 10.1. The van der Waals surface area contributed by atoms with E-state index in [1.807, 2.05) is 30.3 Å². The summed E-state index contributed by atoms with van der Waals surface area (Å²) in [6.07, 6.45) is 1.55. The molecule has 0 saturated carbocycles. The van der Waals surface area contributed by atoms with Gasteiger partial charge in [0.25, 0.3) is 17.1 Å². The topological polar surface area (TPSA) is 128 Å². The van der Waals surface area contributed by atoms with Gasteiger partial charge in [-0.05, 0) is 53.2 Å². The van der Waals surface area contributed by atoms with Crippen molar-refractivity contribution >= 4 is 46.5 Å². The number of rotatable bonds is 9. The third-order valence-corrected chi connectivity index (χ3v) is 6.27. The largest absolute Gasteiger partial charge is 0.493 e. The van der Waals surface area contributed by atoms with Crippen LogP contribution in [0.3, 0.4) is 0 Å². The molecule has 0 bridgehead atoms. The van der Waals surface area contributed by atoms with Gasteiger partial charge in [0.1, 0.15) is 13.2 Å². The third kappa shape index (κ3) is 6.17. The molecule has 1 aliphatic heterocycles. The average Bonchev–Trinajstić information content (AvgIpc) is 3.15. The smallest absolute Gasteiger partial charge is 0.294 e. The number of carbonyl (C=O) groups excluding carboxylic acids is 4. The summed E-state index contributed by atoms with van der Waals surface area (Å²) >= 11 is 0.731. The Labute approximate surface area is 217 Å². The van der Waals surface area contributed by atoms with E-state index in [9.17, 15) is 19.2 Å². The van der Waals surface area contributed by atoms with Gasteiger partial charge in [0, 0.05) is 0 Å². The predicted molar refractivity (Wildman–Crippen MR) is 140 cm³/mol. The molecular formula is C27H23N3O6S. The lowest BCUT2D eigenvalue weighted by Crippen LogP contribution is -2.36. The number of ether oxygens (including phenoxy) is 2. The van der Waals surface area contributed by atoms with Gasteiger partial charge >= 0.3 is 0 Å². The van der Waals surface area contributed by atoms with Crippen molar-refractivity contribution in [3.63, 3.8) is 0 Å². The molecule has 3 aromatic rings. The van der Waals surface area contributed by atoms with E-state index < -0.39 is 29.5 Å². The van der Waals surface area contributed by atoms with E-state index in [1.54, 1.807) is 36.4 Å². The fraction of sp³-hybridized carbons (Fsp3) is 0.111. The second-order valence-corrected chi connectivity index (χ2v) is 8.90. The number of hydrogen-bond donors (Lipinski definition) is 2. The molecule has 1 aliphatic rings. The molecule has 0 spiro atoms.